The summed E-state index contributed by atoms with van der Waals surface area (Å²) in [5.74, 6) is 0. The van der Waals surface area contributed by atoms with E-state index in [1.807, 2.05) is 26.0 Å². The standard InChI is InChI=1S/C12H17NO2S/c1-3-10-12(13-4-2)9-7-5-6-8-11(9)16(10,14)15/h5-8,10,12-13H,3-4H2,1-2H3. The van der Waals surface area contributed by atoms with Gasteiger partial charge in [-0.15, -0.1) is 0 Å². The van der Waals surface area contributed by atoms with Crippen LogP contribution in [0.4, 0.5) is 0 Å². The van der Waals surface area contributed by atoms with Gasteiger partial charge in [0.05, 0.1) is 16.2 Å². The second-order valence-corrected chi connectivity index (χ2v) is 6.20. The molecule has 0 amide bonds. The normalized spacial score (nSPS) is 26.6. The van der Waals surface area contributed by atoms with Crippen molar-refractivity contribution in [1.29, 1.82) is 0 Å². The molecule has 1 aliphatic heterocycles. The Balaban J connectivity index is 2.56. The molecule has 1 heterocycles. The van der Waals surface area contributed by atoms with Crippen LogP contribution < -0.4 is 5.32 Å². The molecular weight excluding hydrogens is 222 g/mol. The van der Waals surface area contributed by atoms with E-state index in [-0.39, 0.29) is 11.3 Å². The number of hydrogen-bond acceptors (Lipinski definition) is 3. The molecule has 0 spiro atoms. The van der Waals surface area contributed by atoms with E-state index in [1.54, 1.807) is 12.1 Å². The van der Waals surface area contributed by atoms with Gasteiger partial charge in [-0.05, 0) is 24.6 Å². The third-order valence-electron chi connectivity index (χ3n) is 3.16. The lowest BCUT2D eigenvalue weighted by Crippen LogP contribution is -2.31. The predicted molar refractivity (Wildman–Crippen MR) is 64.1 cm³/mol. The first-order valence-electron chi connectivity index (χ1n) is 5.69. The van der Waals surface area contributed by atoms with Crippen LogP contribution in [-0.2, 0) is 9.84 Å². The monoisotopic (exact) mass is 239 g/mol. The van der Waals surface area contributed by atoms with Crippen LogP contribution >= 0.6 is 0 Å². The molecular formula is C12H17NO2S. The highest BCUT2D eigenvalue weighted by atomic mass is 32.2. The number of hydrogen-bond donors (Lipinski definition) is 1. The summed E-state index contributed by atoms with van der Waals surface area (Å²) in [7, 11) is -3.13. The SMILES string of the molecule is CCNC1c2ccccc2S(=O)(=O)C1CC. The highest BCUT2D eigenvalue weighted by Gasteiger charge is 2.42. The molecule has 0 aromatic heterocycles. The van der Waals surface area contributed by atoms with Crippen molar-refractivity contribution in [2.45, 2.75) is 36.5 Å². The minimum absolute atomic E-state index is 0.0452. The van der Waals surface area contributed by atoms with Gasteiger partial charge in [0, 0.05) is 0 Å². The van der Waals surface area contributed by atoms with Gasteiger partial charge in [0.2, 0.25) is 0 Å². The quantitative estimate of drug-likeness (QED) is 0.876. The van der Waals surface area contributed by atoms with Crippen LogP contribution in [-0.4, -0.2) is 20.2 Å². The lowest BCUT2D eigenvalue weighted by Gasteiger charge is -2.18. The molecule has 0 bridgehead atoms. The number of rotatable bonds is 3. The predicted octanol–water partition coefficient (Wildman–Crippen LogP) is 1.90. The minimum atomic E-state index is -3.13. The molecule has 0 radical (unpaired) electrons. The van der Waals surface area contributed by atoms with Crippen LogP contribution in [0.2, 0.25) is 0 Å². The maximum atomic E-state index is 12.3. The molecule has 0 aliphatic carbocycles. The summed E-state index contributed by atoms with van der Waals surface area (Å²) in [5, 5.41) is 2.96. The molecule has 1 N–H and O–H groups in total. The molecule has 0 saturated heterocycles. The van der Waals surface area contributed by atoms with Crippen molar-refractivity contribution in [2.24, 2.45) is 0 Å². The maximum absolute atomic E-state index is 12.3. The largest absolute Gasteiger partial charge is 0.309 e. The fourth-order valence-electron chi connectivity index (χ4n) is 2.46. The van der Waals surface area contributed by atoms with E-state index in [4.69, 9.17) is 0 Å². The van der Waals surface area contributed by atoms with E-state index in [0.717, 1.165) is 12.1 Å². The Labute approximate surface area is 96.8 Å². The van der Waals surface area contributed by atoms with Gasteiger partial charge in [-0.2, -0.15) is 0 Å². The van der Waals surface area contributed by atoms with Crippen molar-refractivity contribution in [2.75, 3.05) is 6.54 Å². The van der Waals surface area contributed by atoms with Crippen molar-refractivity contribution in [3.63, 3.8) is 0 Å². The number of sulfone groups is 1. The Hall–Kier alpha value is -0.870. The van der Waals surface area contributed by atoms with Gasteiger partial charge in [0.1, 0.15) is 0 Å². The van der Waals surface area contributed by atoms with Crippen LogP contribution in [0, 0.1) is 0 Å². The Morgan fingerprint density at radius 1 is 1.25 bits per heavy atom. The Morgan fingerprint density at radius 2 is 1.94 bits per heavy atom. The second kappa shape index (κ2) is 4.18. The lowest BCUT2D eigenvalue weighted by molar-refractivity contribution is 0.505. The number of benzene rings is 1. The van der Waals surface area contributed by atoms with Gasteiger partial charge in [-0.25, -0.2) is 8.42 Å². The van der Waals surface area contributed by atoms with Gasteiger partial charge < -0.3 is 5.32 Å². The highest BCUT2D eigenvalue weighted by molar-refractivity contribution is 7.92. The van der Waals surface area contributed by atoms with Crippen LogP contribution in [0.25, 0.3) is 0 Å². The number of fused-ring (bicyclic) bond motifs is 1. The van der Waals surface area contributed by atoms with E-state index >= 15 is 0 Å². The smallest absolute Gasteiger partial charge is 0.183 e. The van der Waals surface area contributed by atoms with Crippen LogP contribution in [0.15, 0.2) is 29.2 Å². The molecule has 3 nitrogen and oxygen atoms in total. The molecule has 2 atom stereocenters. The van der Waals surface area contributed by atoms with Crippen LogP contribution in [0.3, 0.4) is 0 Å². The molecule has 1 aliphatic rings. The molecule has 88 valence electrons. The van der Waals surface area contributed by atoms with Crippen molar-refractivity contribution < 1.29 is 8.42 Å². The average Bonchev–Trinajstić information content (AvgIpc) is 2.49. The van der Waals surface area contributed by atoms with Gasteiger partial charge in [-0.3, -0.25) is 0 Å². The van der Waals surface area contributed by atoms with Gasteiger partial charge >= 0.3 is 0 Å². The Kier molecular flexibility index (Phi) is 3.04. The topological polar surface area (TPSA) is 46.2 Å². The zero-order chi connectivity index (χ0) is 11.8. The first-order chi connectivity index (χ1) is 7.62. The van der Waals surface area contributed by atoms with Gasteiger partial charge in [0.25, 0.3) is 0 Å². The first kappa shape index (κ1) is 11.6. The molecule has 4 heteroatoms. The van der Waals surface area contributed by atoms with Crippen molar-refractivity contribution >= 4 is 9.84 Å². The van der Waals surface area contributed by atoms with E-state index in [1.165, 1.54) is 0 Å². The first-order valence-corrected chi connectivity index (χ1v) is 7.23. The van der Waals surface area contributed by atoms with Crippen molar-refractivity contribution in [3.05, 3.63) is 29.8 Å². The summed E-state index contributed by atoms with van der Waals surface area (Å²) < 4.78 is 24.5. The zero-order valence-corrected chi connectivity index (χ0v) is 10.4. The second-order valence-electron chi connectivity index (χ2n) is 4.06. The van der Waals surface area contributed by atoms with E-state index in [2.05, 4.69) is 5.32 Å². The van der Waals surface area contributed by atoms with E-state index in [0.29, 0.717) is 11.3 Å². The Bertz CT molecular complexity index is 482. The molecule has 0 fully saturated rings. The fourth-order valence-corrected chi connectivity index (χ4v) is 4.61. The van der Waals surface area contributed by atoms with Crippen LogP contribution in [0.1, 0.15) is 31.9 Å². The third-order valence-corrected chi connectivity index (χ3v) is 5.54. The van der Waals surface area contributed by atoms with Crippen LogP contribution in [0.5, 0.6) is 0 Å². The lowest BCUT2D eigenvalue weighted by atomic mass is 10.0. The molecule has 16 heavy (non-hydrogen) atoms. The molecule has 1 aromatic carbocycles. The highest BCUT2D eigenvalue weighted by Crippen LogP contribution is 2.40. The summed E-state index contributed by atoms with van der Waals surface area (Å²) in [4.78, 5) is 0.507. The summed E-state index contributed by atoms with van der Waals surface area (Å²) >= 11 is 0. The summed E-state index contributed by atoms with van der Waals surface area (Å²) in [6.07, 6.45) is 0.648. The van der Waals surface area contributed by atoms with Crippen molar-refractivity contribution in [1.82, 2.24) is 5.32 Å². The van der Waals surface area contributed by atoms with E-state index < -0.39 is 9.84 Å². The van der Waals surface area contributed by atoms with Crippen molar-refractivity contribution in [3.8, 4) is 0 Å². The molecule has 2 unspecified atom stereocenters. The Morgan fingerprint density at radius 3 is 2.56 bits per heavy atom. The summed E-state index contributed by atoms with van der Waals surface area (Å²) in [6.45, 7) is 4.71. The third kappa shape index (κ3) is 1.57. The summed E-state index contributed by atoms with van der Waals surface area (Å²) in [6, 6.07) is 7.27. The average molecular weight is 239 g/mol. The van der Waals surface area contributed by atoms with Gasteiger partial charge in [-0.1, -0.05) is 32.0 Å². The molecule has 0 saturated carbocycles. The zero-order valence-electron chi connectivity index (χ0n) is 9.60. The minimum Gasteiger partial charge on any atom is -0.309 e. The fraction of sp³-hybridized carbons (Fsp3) is 0.500. The number of nitrogens with one attached hydrogen (secondary N) is 1. The maximum Gasteiger partial charge on any atom is 0.183 e. The summed E-state index contributed by atoms with van der Waals surface area (Å²) in [5.41, 5.74) is 0.927. The van der Waals surface area contributed by atoms with Gasteiger partial charge in [0.15, 0.2) is 9.84 Å². The molecule has 1 aromatic rings. The van der Waals surface area contributed by atoms with E-state index in [9.17, 15) is 8.42 Å². The molecule has 2 rings (SSSR count).